The number of unbranched alkanes of at least 4 members (excludes halogenated alkanes) is 4. The average Bonchev–Trinajstić information content (AvgIpc) is 2.70. The fraction of sp³-hybridized carbons (Fsp3) is 1.00. The van der Waals surface area contributed by atoms with Crippen LogP contribution >= 0.6 is 0 Å². The Kier molecular flexibility index (Phi) is 7.11. The van der Waals surface area contributed by atoms with Crippen LogP contribution in [0.15, 0.2) is 0 Å². The quantitative estimate of drug-likeness (QED) is 0.605. The number of hydrogen-bond acceptors (Lipinski definition) is 1. The molecule has 1 fully saturated rings. The lowest BCUT2D eigenvalue weighted by Crippen LogP contribution is -2.32. The van der Waals surface area contributed by atoms with E-state index in [1.165, 1.54) is 57.8 Å². The van der Waals surface area contributed by atoms with E-state index in [1.54, 1.807) is 0 Å². The summed E-state index contributed by atoms with van der Waals surface area (Å²) in [6, 6.07) is 0.798. The third kappa shape index (κ3) is 4.86. The van der Waals surface area contributed by atoms with Gasteiger partial charge in [0.2, 0.25) is 0 Å². The van der Waals surface area contributed by atoms with Gasteiger partial charge in [0, 0.05) is 6.04 Å². The first kappa shape index (κ1) is 14.0. The van der Waals surface area contributed by atoms with Gasteiger partial charge in [-0.15, -0.1) is 0 Å². The minimum atomic E-state index is 0.798. The Morgan fingerprint density at radius 1 is 1.12 bits per heavy atom. The van der Waals surface area contributed by atoms with Gasteiger partial charge in [0.05, 0.1) is 0 Å². The topological polar surface area (TPSA) is 12.0 Å². The molecule has 0 radical (unpaired) electrons. The largest absolute Gasteiger partial charge is 0.317 e. The second-order valence-electron chi connectivity index (χ2n) is 5.78. The Balaban J connectivity index is 2.11. The molecule has 0 saturated heterocycles. The first-order chi connectivity index (χ1) is 7.77. The molecule has 1 saturated carbocycles. The van der Waals surface area contributed by atoms with Gasteiger partial charge >= 0.3 is 0 Å². The zero-order valence-electron chi connectivity index (χ0n) is 11.6. The van der Waals surface area contributed by atoms with Gasteiger partial charge in [0.15, 0.2) is 0 Å². The summed E-state index contributed by atoms with van der Waals surface area (Å²) < 4.78 is 0. The van der Waals surface area contributed by atoms with E-state index in [1.807, 2.05) is 0 Å². The van der Waals surface area contributed by atoms with Gasteiger partial charge in [0.25, 0.3) is 0 Å². The molecule has 0 aromatic heterocycles. The lowest BCUT2D eigenvalue weighted by Gasteiger charge is -2.23. The molecule has 1 aliphatic carbocycles. The van der Waals surface area contributed by atoms with Crippen molar-refractivity contribution in [2.24, 2.45) is 11.8 Å². The highest BCUT2D eigenvalue weighted by Gasteiger charge is 2.27. The second-order valence-corrected chi connectivity index (χ2v) is 5.78. The summed E-state index contributed by atoms with van der Waals surface area (Å²) in [5, 5.41) is 3.56. The van der Waals surface area contributed by atoms with Crippen LogP contribution in [0.3, 0.4) is 0 Å². The van der Waals surface area contributed by atoms with Crippen LogP contribution in [0.2, 0.25) is 0 Å². The summed E-state index contributed by atoms with van der Waals surface area (Å²) in [6.45, 7) is 4.70. The molecule has 1 nitrogen and oxygen atoms in total. The van der Waals surface area contributed by atoms with Crippen LogP contribution in [-0.2, 0) is 0 Å². The molecule has 0 aliphatic heterocycles. The van der Waals surface area contributed by atoms with Crippen molar-refractivity contribution in [3.05, 3.63) is 0 Å². The molecular weight excluding hydrogens is 194 g/mol. The molecule has 0 aromatic carbocycles. The number of hydrogen-bond donors (Lipinski definition) is 1. The van der Waals surface area contributed by atoms with Crippen molar-refractivity contribution in [2.45, 2.75) is 77.7 Å². The van der Waals surface area contributed by atoms with E-state index in [4.69, 9.17) is 0 Å². The van der Waals surface area contributed by atoms with E-state index in [9.17, 15) is 0 Å². The van der Waals surface area contributed by atoms with Crippen LogP contribution in [0.25, 0.3) is 0 Å². The standard InChI is InChI=1S/C15H31N/c1-4-5-6-7-8-9-15(16-3)14-11-10-13(2)12-14/h13-16H,4-12H2,1-3H3. The third-order valence-corrected chi connectivity index (χ3v) is 4.29. The monoisotopic (exact) mass is 225 g/mol. The molecule has 16 heavy (non-hydrogen) atoms. The van der Waals surface area contributed by atoms with Crippen molar-refractivity contribution in [3.63, 3.8) is 0 Å². The molecule has 3 atom stereocenters. The summed E-state index contributed by atoms with van der Waals surface area (Å²) in [7, 11) is 2.15. The highest BCUT2D eigenvalue weighted by molar-refractivity contribution is 4.82. The number of nitrogens with one attached hydrogen (secondary N) is 1. The van der Waals surface area contributed by atoms with Gasteiger partial charge in [-0.05, 0) is 38.1 Å². The summed E-state index contributed by atoms with van der Waals surface area (Å²) in [5.74, 6) is 1.94. The summed E-state index contributed by atoms with van der Waals surface area (Å²) in [5.41, 5.74) is 0. The second kappa shape index (κ2) is 8.11. The Bertz CT molecular complexity index is 167. The average molecular weight is 225 g/mol. The molecule has 0 amide bonds. The minimum absolute atomic E-state index is 0.798. The van der Waals surface area contributed by atoms with Crippen LogP contribution in [0.5, 0.6) is 0 Å². The van der Waals surface area contributed by atoms with Crippen LogP contribution in [0.1, 0.15) is 71.6 Å². The van der Waals surface area contributed by atoms with Gasteiger partial charge in [-0.25, -0.2) is 0 Å². The molecule has 0 aromatic rings. The van der Waals surface area contributed by atoms with Crippen molar-refractivity contribution in [1.29, 1.82) is 0 Å². The van der Waals surface area contributed by atoms with Crippen LogP contribution in [-0.4, -0.2) is 13.1 Å². The maximum Gasteiger partial charge on any atom is 0.00924 e. The van der Waals surface area contributed by atoms with Gasteiger partial charge in [-0.2, -0.15) is 0 Å². The van der Waals surface area contributed by atoms with Crippen LogP contribution in [0, 0.1) is 11.8 Å². The zero-order chi connectivity index (χ0) is 11.8. The molecule has 96 valence electrons. The van der Waals surface area contributed by atoms with Gasteiger partial charge in [0.1, 0.15) is 0 Å². The molecular formula is C15H31N. The molecule has 0 spiro atoms. The first-order valence-corrected chi connectivity index (χ1v) is 7.45. The first-order valence-electron chi connectivity index (χ1n) is 7.45. The van der Waals surface area contributed by atoms with E-state index >= 15 is 0 Å². The van der Waals surface area contributed by atoms with E-state index in [0.717, 1.165) is 17.9 Å². The van der Waals surface area contributed by atoms with Crippen LogP contribution < -0.4 is 5.32 Å². The van der Waals surface area contributed by atoms with Gasteiger partial charge in [-0.3, -0.25) is 0 Å². The Morgan fingerprint density at radius 3 is 2.44 bits per heavy atom. The van der Waals surface area contributed by atoms with E-state index in [2.05, 4.69) is 26.2 Å². The van der Waals surface area contributed by atoms with Crippen molar-refractivity contribution in [2.75, 3.05) is 7.05 Å². The van der Waals surface area contributed by atoms with Crippen LogP contribution in [0.4, 0.5) is 0 Å². The van der Waals surface area contributed by atoms with E-state index in [0.29, 0.717) is 0 Å². The normalized spacial score (nSPS) is 27.2. The van der Waals surface area contributed by atoms with E-state index < -0.39 is 0 Å². The molecule has 1 heteroatoms. The molecule has 3 unspecified atom stereocenters. The minimum Gasteiger partial charge on any atom is -0.317 e. The summed E-state index contributed by atoms with van der Waals surface area (Å²) >= 11 is 0. The zero-order valence-corrected chi connectivity index (χ0v) is 11.6. The SMILES string of the molecule is CCCCCCCC(NC)C1CCC(C)C1. The highest BCUT2D eigenvalue weighted by Crippen LogP contribution is 2.34. The predicted octanol–water partition coefficient (Wildman–Crippen LogP) is 4.37. The van der Waals surface area contributed by atoms with Crippen molar-refractivity contribution < 1.29 is 0 Å². The van der Waals surface area contributed by atoms with Crippen molar-refractivity contribution >= 4 is 0 Å². The summed E-state index contributed by atoms with van der Waals surface area (Å²) in [6.07, 6.45) is 12.9. The highest BCUT2D eigenvalue weighted by atomic mass is 14.9. The Morgan fingerprint density at radius 2 is 1.88 bits per heavy atom. The van der Waals surface area contributed by atoms with Gasteiger partial charge < -0.3 is 5.32 Å². The molecule has 0 heterocycles. The molecule has 1 rings (SSSR count). The van der Waals surface area contributed by atoms with Gasteiger partial charge in [-0.1, -0.05) is 52.4 Å². The smallest absolute Gasteiger partial charge is 0.00924 e. The lowest BCUT2D eigenvalue weighted by atomic mass is 9.92. The summed E-state index contributed by atoms with van der Waals surface area (Å²) in [4.78, 5) is 0. The third-order valence-electron chi connectivity index (χ3n) is 4.29. The fourth-order valence-corrected chi connectivity index (χ4v) is 3.20. The Labute approximate surface area is 102 Å². The lowest BCUT2D eigenvalue weighted by molar-refractivity contribution is 0.341. The Hall–Kier alpha value is -0.0400. The molecule has 1 N–H and O–H groups in total. The molecule has 1 aliphatic rings. The maximum atomic E-state index is 3.56. The fourth-order valence-electron chi connectivity index (χ4n) is 3.20. The van der Waals surface area contributed by atoms with Crippen molar-refractivity contribution in [3.8, 4) is 0 Å². The molecule has 0 bridgehead atoms. The number of rotatable bonds is 8. The van der Waals surface area contributed by atoms with E-state index in [-0.39, 0.29) is 0 Å². The predicted molar refractivity (Wildman–Crippen MR) is 72.7 cm³/mol. The maximum absolute atomic E-state index is 3.56. The van der Waals surface area contributed by atoms with Crippen molar-refractivity contribution in [1.82, 2.24) is 5.32 Å².